The lowest BCUT2D eigenvalue weighted by Gasteiger charge is -2.01. The minimum atomic E-state index is -0.287. The SMILES string of the molecule is CCc1nn(C)cc1NC(=O)CC(C)=O. The van der Waals surface area contributed by atoms with Crippen LogP contribution in [0.15, 0.2) is 6.20 Å². The summed E-state index contributed by atoms with van der Waals surface area (Å²) in [6.07, 6.45) is 2.39. The number of hydrogen-bond acceptors (Lipinski definition) is 3. The summed E-state index contributed by atoms with van der Waals surface area (Å²) in [5.74, 6) is -0.431. The normalized spacial score (nSPS) is 10.1. The van der Waals surface area contributed by atoms with E-state index < -0.39 is 0 Å². The highest BCUT2D eigenvalue weighted by atomic mass is 16.2. The van der Waals surface area contributed by atoms with Crippen LogP contribution in [0.3, 0.4) is 0 Å². The Balaban J connectivity index is 2.71. The van der Waals surface area contributed by atoms with E-state index in [-0.39, 0.29) is 18.1 Å². The van der Waals surface area contributed by atoms with Gasteiger partial charge in [-0.25, -0.2) is 0 Å². The molecule has 1 heterocycles. The minimum absolute atomic E-state index is 0.0853. The fraction of sp³-hybridized carbons (Fsp3) is 0.500. The summed E-state index contributed by atoms with van der Waals surface area (Å²) in [6.45, 7) is 3.35. The Kier molecular flexibility index (Phi) is 3.60. The molecule has 0 saturated heterocycles. The standard InChI is InChI=1S/C10H15N3O2/c1-4-8-9(6-13(3)12-8)11-10(15)5-7(2)14/h6H,4-5H2,1-3H3,(H,11,15). The number of amides is 1. The maximum Gasteiger partial charge on any atom is 0.231 e. The summed E-state index contributed by atoms with van der Waals surface area (Å²) in [5.41, 5.74) is 1.51. The van der Waals surface area contributed by atoms with E-state index in [1.165, 1.54) is 6.92 Å². The van der Waals surface area contributed by atoms with Crippen molar-refractivity contribution in [1.29, 1.82) is 0 Å². The van der Waals surface area contributed by atoms with Crippen LogP contribution in [0.5, 0.6) is 0 Å². The summed E-state index contributed by atoms with van der Waals surface area (Å²) in [4.78, 5) is 22.1. The molecule has 0 radical (unpaired) electrons. The number of aryl methyl sites for hydroxylation is 2. The molecule has 0 spiro atoms. The van der Waals surface area contributed by atoms with Crippen molar-refractivity contribution >= 4 is 17.4 Å². The number of aromatic nitrogens is 2. The van der Waals surface area contributed by atoms with E-state index in [1.807, 2.05) is 6.92 Å². The molecule has 1 aromatic rings. The molecule has 5 nitrogen and oxygen atoms in total. The number of rotatable bonds is 4. The van der Waals surface area contributed by atoms with Gasteiger partial charge >= 0.3 is 0 Å². The molecular weight excluding hydrogens is 194 g/mol. The number of anilines is 1. The first kappa shape index (κ1) is 11.4. The molecule has 0 atom stereocenters. The molecule has 0 saturated carbocycles. The molecule has 0 fully saturated rings. The molecule has 1 N–H and O–H groups in total. The number of carbonyl (C=O) groups is 2. The highest BCUT2D eigenvalue weighted by Gasteiger charge is 2.10. The molecule has 1 aromatic heterocycles. The van der Waals surface area contributed by atoms with Gasteiger partial charge in [0.2, 0.25) is 5.91 Å². The van der Waals surface area contributed by atoms with Crippen LogP contribution in [0.1, 0.15) is 26.0 Å². The Morgan fingerprint density at radius 3 is 2.73 bits per heavy atom. The third-order valence-electron chi connectivity index (χ3n) is 1.92. The topological polar surface area (TPSA) is 64.0 Å². The molecule has 0 aliphatic carbocycles. The molecule has 0 aromatic carbocycles. The van der Waals surface area contributed by atoms with E-state index in [0.717, 1.165) is 12.1 Å². The largest absolute Gasteiger partial charge is 0.323 e. The van der Waals surface area contributed by atoms with E-state index >= 15 is 0 Å². The van der Waals surface area contributed by atoms with E-state index in [4.69, 9.17) is 0 Å². The quantitative estimate of drug-likeness (QED) is 0.749. The molecule has 82 valence electrons. The van der Waals surface area contributed by atoms with Crippen molar-refractivity contribution in [1.82, 2.24) is 9.78 Å². The van der Waals surface area contributed by atoms with Crippen LogP contribution < -0.4 is 5.32 Å². The molecule has 15 heavy (non-hydrogen) atoms. The monoisotopic (exact) mass is 209 g/mol. The van der Waals surface area contributed by atoms with E-state index in [2.05, 4.69) is 10.4 Å². The van der Waals surface area contributed by atoms with Gasteiger partial charge in [0.05, 0.1) is 17.8 Å². The molecule has 0 unspecified atom stereocenters. The van der Waals surface area contributed by atoms with Crippen molar-refractivity contribution in [2.24, 2.45) is 7.05 Å². The minimum Gasteiger partial charge on any atom is -0.323 e. The summed E-state index contributed by atoms with van der Waals surface area (Å²) in [7, 11) is 1.79. The molecule has 0 aliphatic rings. The Morgan fingerprint density at radius 2 is 2.20 bits per heavy atom. The summed E-state index contributed by atoms with van der Waals surface area (Å²) in [5, 5.41) is 6.85. The van der Waals surface area contributed by atoms with Crippen LogP contribution in [0.2, 0.25) is 0 Å². The zero-order valence-corrected chi connectivity index (χ0v) is 9.20. The van der Waals surface area contributed by atoms with Crippen LogP contribution in [-0.4, -0.2) is 21.5 Å². The highest BCUT2D eigenvalue weighted by Crippen LogP contribution is 2.13. The van der Waals surface area contributed by atoms with Gasteiger partial charge in [0.25, 0.3) is 0 Å². The Morgan fingerprint density at radius 1 is 1.53 bits per heavy atom. The van der Waals surface area contributed by atoms with Crippen LogP contribution in [-0.2, 0) is 23.1 Å². The number of nitrogens with zero attached hydrogens (tertiary/aromatic N) is 2. The van der Waals surface area contributed by atoms with Gasteiger partial charge in [0.15, 0.2) is 0 Å². The van der Waals surface area contributed by atoms with Crippen molar-refractivity contribution in [3.05, 3.63) is 11.9 Å². The number of Topliss-reactive ketones (excluding diaryl/α,β-unsaturated/α-hetero) is 1. The molecule has 1 rings (SSSR count). The lowest BCUT2D eigenvalue weighted by Crippen LogP contribution is -2.15. The van der Waals surface area contributed by atoms with Crippen LogP contribution in [0.25, 0.3) is 0 Å². The van der Waals surface area contributed by atoms with Crippen molar-refractivity contribution < 1.29 is 9.59 Å². The maximum atomic E-state index is 11.3. The Hall–Kier alpha value is -1.65. The van der Waals surface area contributed by atoms with Crippen LogP contribution >= 0.6 is 0 Å². The second kappa shape index (κ2) is 4.72. The zero-order valence-electron chi connectivity index (χ0n) is 9.20. The van der Waals surface area contributed by atoms with Crippen molar-refractivity contribution in [2.45, 2.75) is 26.7 Å². The van der Waals surface area contributed by atoms with Crippen molar-refractivity contribution in [3.63, 3.8) is 0 Å². The van der Waals surface area contributed by atoms with Crippen molar-refractivity contribution in [3.8, 4) is 0 Å². The lowest BCUT2D eigenvalue weighted by molar-refractivity contribution is -0.124. The number of nitrogens with one attached hydrogen (secondary N) is 1. The zero-order chi connectivity index (χ0) is 11.4. The third kappa shape index (κ3) is 3.19. The van der Waals surface area contributed by atoms with Crippen LogP contribution in [0, 0.1) is 0 Å². The van der Waals surface area contributed by atoms with Gasteiger partial charge in [-0.15, -0.1) is 0 Å². The van der Waals surface area contributed by atoms with Gasteiger partial charge in [0.1, 0.15) is 5.78 Å². The van der Waals surface area contributed by atoms with E-state index in [1.54, 1.807) is 17.9 Å². The van der Waals surface area contributed by atoms with Gasteiger partial charge in [-0.1, -0.05) is 6.92 Å². The molecule has 5 heteroatoms. The molecule has 0 bridgehead atoms. The van der Waals surface area contributed by atoms with Gasteiger partial charge in [0, 0.05) is 13.2 Å². The van der Waals surface area contributed by atoms with Gasteiger partial charge in [-0.2, -0.15) is 5.10 Å². The Labute approximate surface area is 88.5 Å². The molecule has 0 aliphatic heterocycles. The van der Waals surface area contributed by atoms with Gasteiger partial charge in [-0.3, -0.25) is 14.3 Å². The average Bonchev–Trinajstić information content (AvgIpc) is 2.44. The lowest BCUT2D eigenvalue weighted by atomic mass is 10.2. The fourth-order valence-corrected chi connectivity index (χ4v) is 1.32. The average molecular weight is 209 g/mol. The first-order valence-corrected chi connectivity index (χ1v) is 4.84. The summed E-state index contributed by atoms with van der Waals surface area (Å²) >= 11 is 0. The summed E-state index contributed by atoms with van der Waals surface area (Å²) < 4.78 is 1.64. The smallest absolute Gasteiger partial charge is 0.231 e. The number of ketones is 1. The second-order valence-corrected chi connectivity index (χ2v) is 3.44. The summed E-state index contributed by atoms with van der Waals surface area (Å²) in [6, 6.07) is 0. The predicted molar refractivity (Wildman–Crippen MR) is 56.5 cm³/mol. The number of hydrogen-bond donors (Lipinski definition) is 1. The van der Waals surface area contributed by atoms with Crippen molar-refractivity contribution in [2.75, 3.05) is 5.32 Å². The van der Waals surface area contributed by atoms with Crippen LogP contribution in [0.4, 0.5) is 5.69 Å². The third-order valence-corrected chi connectivity index (χ3v) is 1.92. The first-order chi connectivity index (χ1) is 7.02. The highest BCUT2D eigenvalue weighted by molar-refractivity contribution is 6.03. The Bertz CT molecular complexity index is 382. The van der Waals surface area contributed by atoms with E-state index in [9.17, 15) is 9.59 Å². The predicted octanol–water partition coefficient (Wildman–Crippen LogP) is 0.900. The van der Waals surface area contributed by atoms with Gasteiger partial charge in [-0.05, 0) is 13.3 Å². The molecule has 1 amide bonds. The maximum absolute atomic E-state index is 11.3. The fourth-order valence-electron chi connectivity index (χ4n) is 1.32. The second-order valence-electron chi connectivity index (χ2n) is 3.44. The first-order valence-electron chi connectivity index (χ1n) is 4.84. The molecular formula is C10H15N3O2. The number of carbonyl (C=O) groups excluding carboxylic acids is 2. The van der Waals surface area contributed by atoms with Gasteiger partial charge < -0.3 is 5.32 Å². The van der Waals surface area contributed by atoms with E-state index in [0.29, 0.717) is 5.69 Å².